The first kappa shape index (κ1) is 8.49. The van der Waals surface area contributed by atoms with Crippen molar-refractivity contribution in [1.29, 1.82) is 0 Å². The van der Waals surface area contributed by atoms with Gasteiger partial charge in [-0.25, -0.2) is 0 Å². The first-order valence-corrected chi connectivity index (χ1v) is 2.80. The second-order valence-electron chi connectivity index (χ2n) is 1.93. The summed E-state index contributed by atoms with van der Waals surface area (Å²) < 4.78 is -1.53. The summed E-state index contributed by atoms with van der Waals surface area (Å²) >= 11 is 3.63. The zero-order valence-electron chi connectivity index (χ0n) is 5.21. The van der Waals surface area contributed by atoms with E-state index >= 15 is 0 Å². The number of aliphatic carboxylic acids is 1. The van der Waals surface area contributed by atoms with Crippen molar-refractivity contribution < 1.29 is 14.7 Å². The third kappa shape index (κ3) is 1.71. The minimum atomic E-state index is -1.53. The van der Waals surface area contributed by atoms with Gasteiger partial charge in [0, 0.05) is 0 Å². The van der Waals surface area contributed by atoms with Crippen LogP contribution in [-0.4, -0.2) is 21.6 Å². The molecule has 0 saturated carbocycles. The van der Waals surface area contributed by atoms with Gasteiger partial charge in [-0.2, -0.15) is 12.6 Å². The number of hydrogen-bond donors (Lipinski definition) is 2. The van der Waals surface area contributed by atoms with Crippen LogP contribution in [0.5, 0.6) is 0 Å². The molecule has 4 heteroatoms. The van der Waals surface area contributed by atoms with Crippen LogP contribution < -0.4 is 0 Å². The highest BCUT2D eigenvalue weighted by Gasteiger charge is 2.33. The van der Waals surface area contributed by atoms with Gasteiger partial charge in [0.25, 0.3) is 0 Å². The molecule has 1 N–H and O–H groups in total. The number of hydrogen-bond acceptors (Lipinski definition) is 3. The van der Waals surface area contributed by atoms with Crippen LogP contribution >= 0.6 is 12.6 Å². The fraction of sp³-hybridized carbons (Fsp3) is 0.600. The number of carbonyl (C=O) groups excluding carboxylic acids is 1. The van der Waals surface area contributed by atoms with Crippen molar-refractivity contribution >= 4 is 24.4 Å². The Kier molecular flexibility index (Phi) is 2.25. The average Bonchev–Trinajstić information content (AvgIpc) is 1.65. The predicted molar refractivity (Wildman–Crippen MR) is 35.7 cm³/mol. The highest BCUT2D eigenvalue weighted by molar-refractivity contribution is 7.83. The van der Waals surface area contributed by atoms with E-state index in [1.165, 1.54) is 13.8 Å². The van der Waals surface area contributed by atoms with Crippen molar-refractivity contribution in [2.45, 2.75) is 18.6 Å². The molecular formula is C5H8O3S. The second kappa shape index (κ2) is 2.39. The molecule has 0 aromatic carbocycles. The third-order valence-electron chi connectivity index (χ3n) is 1.10. The Balaban J connectivity index is 4.38. The summed E-state index contributed by atoms with van der Waals surface area (Å²) in [6, 6.07) is 0. The molecule has 0 unspecified atom stereocenters. The molecule has 3 nitrogen and oxygen atoms in total. The fourth-order valence-corrected chi connectivity index (χ4v) is 0.151. The maximum atomic E-state index is 10.4. The first-order chi connectivity index (χ1) is 3.89. The van der Waals surface area contributed by atoms with E-state index in [-0.39, 0.29) is 0 Å². The standard InChI is InChI=1S/C5H8O3S/c1-3(6)5(2,9)4(7)8/h9H,1-2H3,(H,7,8)/t5-/m0/s1. The van der Waals surface area contributed by atoms with Gasteiger partial charge in [0.15, 0.2) is 10.5 Å². The van der Waals surface area contributed by atoms with Gasteiger partial charge in [0.05, 0.1) is 0 Å². The fourth-order valence-electron chi connectivity index (χ4n) is 0.151. The van der Waals surface area contributed by atoms with Crippen molar-refractivity contribution in [2.24, 2.45) is 0 Å². The monoisotopic (exact) mass is 148 g/mol. The van der Waals surface area contributed by atoms with Crippen molar-refractivity contribution in [3.8, 4) is 0 Å². The summed E-state index contributed by atoms with van der Waals surface area (Å²) in [5.74, 6) is -1.67. The summed E-state index contributed by atoms with van der Waals surface area (Å²) in [6.45, 7) is 2.45. The van der Waals surface area contributed by atoms with Crippen LogP contribution in [0.3, 0.4) is 0 Å². The Morgan fingerprint density at radius 2 is 1.89 bits per heavy atom. The van der Waals surface area contributed by atoms with Gasteiger partial charge < -0.3 is 5.11 Å². The lowest BCUT2D eigenvalue weighted by Gasteiger charge is -2.12. The predicted octanol–water partition coefficient (Wildman–Crippen LogP) is 0.348. The van der Waals surface area contributed by atoms with Gasteiger partial charge in [0.1, 0.15) is 0 Å². The molecule has 0 radical (unpaired) electrons. The maximum Gasteiger partial charge on any atom is 0.326 e. The molecule has 0 heterocycles. The van der Waals surface area contributed by atoms with E-state index in [9.17, 15) is 9.59 Å². The molecule has 0 aromatic rings. The van der Waals surface area contributed by atoms with Crippen LogP contribution in [0.1, 0.15) is 13.8 Å². The molecule has 0 fully saturated rings. The van der Waals surface area contributed by atoms with Gasteiger partial charge in [-0.05, 0) is 13.8 Å². The van der Waals surface area contributed by atoms with Crippen LogP contribution in [0, 0.1) is 0 Å². The number of thiol groups is 1. The molecule has 0 amide bonds. The second-order valence-corrected chi connectivity index (χ2v) is 2.83. The summed E-state index contributed by atoms with van der Waals surface area (Å²) in [5, 5.41) is 8.31. The summed E-state index contributed by atoms with van der Waals surface area (Å²) in [7, 11) is 0. The van der Waals surface area contributed by atoms with E-state index in [0.29, 0.717) is 0 Å². The third-order valence-corrected chi connectivity index (χ3v) is 1.61. The number of rotatable bonds is 2. The lowest BCUT2D eigenvalue weighted by molar-refractivity contribution is -0.142. The summed E-state index contributed by atoms with van der Waals surface area (Å²) in [5.41, 5.74) is 0. The molecule has 0 saturated heterocycles. The molecule has 0 aromatic heterocycles. The van der Waals surface area contributed by atoms with Gasteiger partial charge in [0.2, 0.25) is 0 Å². The smallest absolute Gasteiger partial charge is 0.326 e. The molecule has 1 atom stereocenters. The Morgan fingerprint density at radius 1 is 1.56 bits per heavy atom. The Morgan fingerprint density at radius 3 is 1.89 bits per heavy atom. The molecule has 0 bridgehead atoms. The molecular weight excluding hydrogens is 140 g/mol. The molecule has 0 aliphatic carbocycles. The van der Waals surface area contributed by atoms with E-state index in [1.54, 1.807) is 0 Å². The van der Waals surface area contributed by atoms with Gasteiger partial charge >= 0.3 is 5.97 Å². The highest BCUT2D eigenvalue weighted by atomic mass is 32.1. The number of carbonyl (C=O) groups is 2. The molecule has 0 spiro atoms. The molecule has 52 valence electrons. The minimum absolute atomic E-state index is 0.460. The SMILES string of the molecule is CC(=O)[C@](C)(S)C(=O)O. The lowest BCUT2D eigenvalue weighted by Crippen LogP contribution is -2.36. The van der Waals surface area contributed by atoms with Gasteiger partial charge in [-0.1, -0.05) is 0 Å². The number of Topliss-reactive ketones (excluding diaryl/α,β-unsaturated/α-hetero) is 1. The Hall–Kier alpha value is -0.510. The zero-order valence-corrected chi connectivity index (χ0v) is 6.11. The van der Waals surface area contributed by atoms with Crippen molar-refractivity contribution in [3.63, 3.8) is 0 Å². The van der Waals surface area contributed by atoms with Crippen LogP contribution in [0.25, 0.3) is 0 Å². The van der Waals surface area contributed by atoms with Crippen molar-refractivity contribution in [2.75, 3.05) is 0 Å². The largest absolute Gasteiger partial charge is 0.480 e. The zero-order chi connectivity index (χ0) is 7.65. The van der Waals surface area contributed by atoms with E-state index in [0.717, 1.165) is 0 Å². The van der Waals surface area contributed by atoms with Crippen LogP contribution in [0.15, 0.2) is 0 Å². The number of ketones is 1. The van der Waals surface area contributed by atoms with Crippen molar-refractivity contribution in [3.05, 3.63) is 0 Å². The molecule has 0 aliphatic rings. The molecule has 0 aliphatic heterocycles. The minimum Gasteiger partial charge on any atom is -0.480 e. The van der Waals surface area contributed by atoms with Crippen LogP contribution in [0.4, 0.5) is 0 Å². The number of carboxylic acids is 1. The van der Waals surface area contributed by atoms with E-state index < -0.39 is 16.5 Å². The molecule has 0 rings (SSSR count). The first-order valence-electron chi connectivity index (χ1n) is 2.36. The van der Waals surface area contributed by atoms with Crippen LogP contribution in [0.2, 0.25) is 0 Å². The van der Waals surface area contributed by atoms with Gasteiger partial charge in [-0.3, -0.25) is 9.59 Å². The molecule has 9 heavy (non-hydrogen) atoms. The Bertz CT molecular complexity index is 134. The van der Waals surface area contributed by atoms with E-state index in [2.05, 4.69) is 12.6 Å². The quantitative estimate of drug-likeness (QED) is 0.439. The normalized spacial score (nSPS) is 16.3. The van der Waals surface area contributed by atoms with E-state index in [4.69, 9.17) is 5.11 Å². The van der Waals surface area contributed by atoms with Gasteiger partial charge in [-0.15, -0.1) is 0 Å². The summed E-state index contributed by atoms with van der Waals surface area (Å²) in [6.07, 6.45) is 0. The summed E-state index contributed by atoms with van der Waals surface area (Å²) in [4.78, 5) is 20.6. The number of carboxylic acid groups (broad SMARTS) is 1. The lowest BCUT2D eigenvalue weighted by atomic mass is 10.1. The maximum absolute atomic E-state index is 10.4. The average molecular weight is 148 g/mol. The van der Waals surface area contributed by atoms with Crippen LogP contribution in [-0.2, 0) is 9.59 Å². The van der Waals surface area contributed by atoms with Crippen molar-refractivity contribution in [1.82, 2.24) is 0 Å². The highest BCUT2D eigenvalue weighted by Crippen LogP contribution is 2.13. The topological polar surface area (TPSA) is 54.4 Å². The Labute approximate surface area is 58.5 Å². The van der Waals surface area contributed by atoms with E-state index in [1.807, 2.05) is 0 Å².